The SMILES string of the molecule is CCCC1SCC(C(=O)O)N1C(=O)c1ccn(C)c(=O)c1. The molecule has 1 aliphatic heterocycles. The minimum atomic E-state index is -1.00. The molecule has 0 aliphatic carbocycles. The van der Waals surface area contributed by atoms with Crippen LogP contribution in [0.2, 0.25) is 0 Å². The number of nitrogens with zero attached hydrogens (tertiary/aromatic N) is 2. The van der Waals surface area contributed by atoms with Crippen LogP contribution in [0.25, 0.3) is 0 Å². The second kappa shape index (κ2) is 6.34. The van der Waals surface area contributed by atoms with Gasteiger partial charge in [0.15, 0.2) is 0 Å². The number of aromatic nitrogens is 1. The maximum atomic E-state index is 12.6. The lowest BCUT2D eigenvalue weighted by Crippen LogP contribution is -2.45. The predicted octanol–water partition coefficient (Wildman–Crippen LogP) is 1.15. The topological polar surface area (TPSA) is 79.6 Å². The Balaban J connectivity index is 2.34. The Kier molecular flexibility index (Phi) is 4.72. The fourth-order valence-corrected chi connectivity index (χ4v) is 3.84. The Morgan fingerprint density at radius 2 is 2.19 bits per heavy atom. The Hall–Kier alpha value is -1.76. The van der Waals surface area contributed by atoms with Crippen molar-refractivity contribution in [1.82, 2.24) is 9.47 Å². The van der Waals surface area contributed by atoms with Gasteiger partial charge in [-0.3, -0.25) is 9.59 Å². The summed E-state index contributed by atoms with van der Waals surface area (Å²) in [6, 6.07) is 1.98. The number of carboxylic acid groups (broad SMARTS) is 1. The fourth-order valence-electron chi connectivity index (χ4n) is 2.33. The highest BCUT2D eigenvalue weighted by Crippen LogP contribution is 2.33. The lowest BCUT2D eigenvalue weighted by atomic mass is 10.1. The summed E-state index contributed by atoms with van der Waals surface area (Å²) in [7, 11) is 1.60. The summed E-state index contributed by atoms with van der Waals surface area (Å²) in [5, 5.41) is 9.15. The van der Waals surface area contributed by atoms with Gasteiger partial charge in [0, 0.05) is 30.6 Å². The molecule has 2 rings (SSSR count). The molecule has 0 saturated carbocycles. The van der Waals surface area contributed by atoms with E-state index in [4.69, 9.17) is 0 Å². The van der Waals surface area contributed by atoms with Gasteiger partial charge in [-0.05, 0) is 12.5 Å². The van der Waals surface area contributed by atoms with Crippen molar-refractivity contribution >= 4 is 23.6 Å². The molecule has 114 valence electrons. The van der Waals surface area contributed by atoms with Crippen molar-refractivity contribution in [3.63, 3.8) is 0 Å². The molecule has 2 heterocycles. The highest BCUT2D eigenvalue weighted by Gasteiger charge is 2.41. The molecular weight excluding hydrogens is 292 g/mol. The molecule has 0 aromatic carbocycles. The number of carboxylic acids is 1. The molecule has 2 atom stereocenters. The maximum Gasteiger partial charge on any atom is 0.327 e. The van der Waals surface area contributed by atoms with Crippen molar-refractivity contribution in [2.45, 2.75) is 31.2 Å². The second-order valence-electron chi connectivity index (χ2n) is 5.01. The van der Waals surface area contributed by atoms with E-state index in [-0.39, 0.29) is 22.4 Å². The summed E-state index contributed by atoms with van der Waals surface area (Å²) in [5.41, 5.74) is -0.0421. The van der Waals surface area contributed by atoms with E-state index < -0.39 is 12.0 Å². The number of hydrogen-bond acceptors (Lipinski definition) is 4. The van der Waals surface area contributed by atoms with Gasteiger partial charge in [0.25, 0.3) is 11.5 Å². The first-order valence-corrected chi connectivity index (χ1v) is 7.84. The van der Waals surface area contributed by atoms with E-state index in [1.807, 2.05) is 6.92 Å². The summed E-state index contributed by atoms with van der Waals surface area (Å²) in [6.45, 7) is 2.00. The molecule has 1 aliphatic rings. The summed E-state index contributed by atoms with van der Waals surface area (Å²) >= 11 is 1.48. The van der Waals surface area contributed by atoms with Gasteiger partial charge in [-0.1, -0.05) is 13.3 Å². The Labute approximate surface area is 126 Å². The van der Waals surface area contributed by atoms with Gasteiger partial charge < -0.3 is 14.6 Å². The third-order valence-corrected chi connectivity index (χ3v) is 4.85. The maximum absolute atomic E-state index is 12.6. The van der Waals surface area contributed by atoms with Gasteiger partial charge >= 0.3 is 5.97 Å². The number of carbonyl (C=O) groups excluding carboxylic acids is 1. The molecule has 0 radical (unpaired) electrons. The summed E-state index contributed by atoms with van der Waals surface area (Å²) in [6.07, 6.45) is 3.12. The van der Waals surface area contributed by atoms with E-state index in [2.05, 4.69) is 0 Å². The largest absolute Gasteiger partial charge is 0.480 e. The van der Waals surface area contributed by atoms with Crippen molar-refractivity contribution in [2.75, 3.05) is 5.75 Å². The minimum absolute atomic E-state index is 0.146. The van der Waals surface area contributed by atoms with Crippen LogP contribution < -0.4 is 5.56 Å². The van der Waals surface area contributed by atoms with Crippen LogP contribution in [0.4, 0.5) is 0 Å². The van der Waals surface area contributed by atoms with Crippen molar-refractivity contribution < 1.29 is 14.7 Å². The van der Waals surface area contributed by atoms with Crippen molar-refractivity contribution in [2.24, 2.45) is 7.05 Å². The monoisotopic (exact) mass is 310 g/mol. The smallest absolute Gasteiger partial charge is 0.327 e. The number of hydrogen-bond donors (Lipinski definition) is 1. The quantitative estimate of drug-likeness (QED) is 0.902. The predicted molar refractivity (Wildman–Crippen MR) is 80.4 cm³/mol. The number of aryl methyl sites for hydroxylation is 1. The highest BCUT2D eigenvalue weighted by atomic mass is 32.2. The molecular formula is C14H18N2O4S. The Morgan fingerprint density at radius 1 is 1.48 bits per heavy atom. The molecule has 1 aromatic rings. The van der Waals surface area contributed by atoms with Gasteiger partial charge in [-0.15, -0.1) is 11.8 Å². The normalized spacial score (nSPS) is 21.5. The number of aliphatic carboxylic acids is 1. The molecule has 1 fully saturated rings. The zero-order valence-electron chi connectivity index (χ0n) is 12.0. The Bertz CT molecular complexity index is 613. The van der Waals surface area contributed by atoms with Crippen LogP contribution >= 0.6 is 11.8 Å². The van der Waals surface area contributed by atoms with Gasteiger partial charge in [0.2, 0.25) is 0 Å². The first kappa shape index (κ1) is 15.6. The third kappa shape index (κ3) is 3.12. The standard InChI is InChI=1S/C14H18N2O4S/c1-3-4-12-16(10(8-21-12)14(19)20)13(18)9-5-6-15(2)11(17)7-9/h5-7,10,12H,3-4,8H2,1-2H3,(H,19,20). The second-order valence-corrected chi connectivity index (χ2v) is 6.22. The van der Waals surface area contributed by atoms with E-state index in [1.54, 1.807) is 13.1 Å². The summed E-state index contributed by atoms with van der Waals surface area (Å²) in [5.74, 6) is -1.00. The molecule has 7 heteroatoms. The van der Waals surface area contributed by atoms with Crippen LogP contribution in [0.15, 0.2) is 23.1 Å². The first-order chi connectivity index (χ1) is 9.95. The molecule has 21 heavy (non-hydrogen) atoms. The zero-order chi connectivity index (χ0) is 15.6. The summed E-state index contributed by atoms with van der Waals surface area (Å²) < 4.78 is 1.37. The zero-order valence-corrected chi connectivity index (χ0v) is 12.8. The molecule has 1 saturated heterocycles. The molecule has 0 spiro atoms. The van der Waals surface area contributed by atoms with E-state index in [1.165, 1.54) is 33.5 Å². The van der Waals surface area contributed by atoms with Gasteiger partial charge in [0.05, 0.1) is 5.37 Å². The number of amides is 1. The van der Waals surface area contributed by atoms with Crippen LogP contribution in [0.5, 0.6) is 0 Å². The van der Waals surface area contributed by atoms with Gasteiger partial charge in [-0.25, -0.2) is 4.79 Å². The van der Waals surface area contributed by atoms with Crippen LogP contribution in [0.1, 0.15) is 30.1 Å². The van der Waals surface area contributed by atoms with Crippen LogP contribution in [0.3, 0.4) is 0 Å². The summed E-state index contributed by atoms with van der Waals surface area (Å²) in [4.78, 5) is 37.0. The third-order valence-electron chi connectivity index (χ3n) is 3.50. The van der Waals surface area contributed by atoms with Gasteiger partial charge in [-0.2, -0.15) is 0 Å². The first-order valence-electron chi connectivity index (χ1n) is 6.79. The molecule has 0 bridgehead atoms. The van der Waals surface area contributed by atoms with E-state index in [0.717, 1.165) is 12.8 Å². The number of thioether (sulfide) groups is 1. The number of rotatable bonds is 4. The molecule has 1 amide bonds. The average molecular weight is 310 g/mol. The Morgan fingerprint density at radius 3 is 2.76 bits per heavy atom. The van der Waals surface area contributed by atoms with Crippen LogP contribution in [-0.4, -0.2) is 43.6 Å². The number of carbonyl (C=O) groups is 2. The molecule has 6 nitrogen and oxygen atoms in total. The lowest BCUT2D eigenvalue weighted by molar-refractivity contribution is -0.141. The van der Waals surface area contributed by atoms with Crippen LogP contribution in [0, 0.1) is 0 Å². The lowest BCUT2D eigenvalue weighted by Gasteiger charge is -2.27. The van der Waals surface area contributed by atoms with Crippen molar-refractivity contribution in [1.29, 1.82) is 0 Å². The molecule has 2 unspecified atom stereocenters. The van der Waals surface area contributed by atoms with E-state index >= 15 is 0 Å². The van der Waals surface area contributed by atoms with Crippen LogP contribution in [-0.2, 0) is 11.8 Å². The highest BCUT2D eigenvalue weighted by molar-refractivity contribution is 8.00. The molecule has 1 aromatic heterocycles. The van der Waals surface area contributed by atoms with Crippen molar-refractivity contribution in [3.8, 4) is 0 Å². The average Bonchev–Trinajstić information content (AvgIpc) is 2.85. The fraction of sp³-hybridized carbons (Fsp3) is 0.500. The van der Waals surface area contributed by atoms with Crippen molar-refractivity contribution in [3.05, 3.63) is 34.2 Å². The van der Waals surface area contributed by atoms with E-state index in [9.17, 15) is 19.5 Å². The van der Waals surface area contributed by atoms with E-state index in [0.29, 0.717) is 5.75 Å². The number of pyridine rings is 1. The molecule has 1 N–H and O–H groups in total. The van der Waals surface area contributed by atoms with Gasteiger partial charge in [0.1, 0.15) is 6.04 Å². The minimum Gasteiger partial charge on any atom is -0.480 e.